The minimum atomic E-state index is -4.52. The summed E-state index contributed by atoms with van der Waals surface area (Å²) in [7, 11) is 0. The summed E-state index contributed by atoms with van der Waals surface area (Å²) < 4.78 is 69.8. The van der Waals surface area contributed by atoms with Gasteiger partial charge >= 0.3 is 6.18 Å². The fourth-order valence-corrected chi connectivity index (χ4v) is 3.73. The first kappa shape index (κ1) is 23.4. The molecule has 0 saturated carbocycles. The summed E-state index contributed by atoms with van der Waals surface area (Å²) in [5, 5.41) is 15.5. The number of nitrogens with zero attached hydrogens (tertiary/aromatic N) is 4. The van der Waals surface area contributed by atoms with Crippen LogP contribution >= 0.6 is 0 Å². The molecule has 0 bridgehead atoms. The first-order chi connectivity index (χ1) is 16.0. The Morgan fingerprint density at radius 1 is 1.15 bits per heavy atom. The van der Waals surface area contributed by atoms with Crippen molar-refractivity contribution in [1.82, 2.24) is 14.5 Å². The van der Waals surface area contributed by atoms with E-state index in [9.17, 15) is 22.0 Å². The number of nitrogens with one attached hydrogen (secondary N) is 2. The Kier molecular flexibility index (Phi) is 5.63. The summed E-state index contributed by atoms with van der Waals surface area (Å²) in [5.41, 5.74) is -1.19. The summed E-state index contributed by atoms with van der Waals surface area (Å²) in [4.78, 5) is 9.79. The second-order valence-electron chi connectivity index (χ2n) is 8.33. The largest absolute Gasteiger partial charge is 0.404 e. The number of halogens is 5. The van der Waals surface area contributed by atoms with Crippen LogP contribution in [0.25, 0.3) is 10.9 Å². The molecule has 2 N–H and O–H groups in total. The molecule has 0 atom stereocenters. The zero-order valence-corrected chi connectivity index (χ0v) is 18.2. The number of hydrogen-bond donors (Lipinski definition) is 2. The number of fused-ring (bicyclic) bond motifs is 2. The number of rotatable bonds is 2. The summed E-state index contributed by atoms with van der Waals surface area (Å²) in [5.74, 6) is 2.53. The second-order valence-corrected chi connectivity index (χ2v) is 8.33. The molecule has 6 nitrogen and oxygen atoms in total. The molecule has 11 heteroatoms. The standard InChI is InChI=1S/C23H19F5N6/c1-22(2,23(26,27)28)8-7-13-10-31-11-17-14(13)4-3-9-33(17)20-18-16(6-5-15(24)19(18)25)34(12-29)21(30)32-20/h5-6,10-12,29-30H,3-4,9H2,1-2H3. The summed E-state index contributed by atoms with van der Waals surface area (Å²) >= 11 is 0. The van der Waals surface area contributed by atoms with E-state index in [1.165, 1.54) is 18.5 Å². The van der Waals surface area contributed by atoms with Crippen LogP contribution in [0.3, 0.4) is 0 Å². The van der Waals surface area contributed by atoms with Gasteiger partial charge in [0.15, 0.2) is 11.6 Å². The number of anilines is 2. The zero-order valence-electron chi connectivity index (χ0n) is 18.2. The van der Waals surface area contributed by atoms with Crippen LogP contribution in [0.15, 0.2) is 24.5 Å². The van der Waals surface area contributed by atoms with Crippen molar-refractivity contribution < 1.29 is 22.0 Å². The average Bonchev–Trinajstić information content (AvgIpc) is 2.78. The molecule has 0 spiro atoms. The van der Waals surface area contributed by atoms with E-state index >= 15 is 0 Å². The van der Waals surface area contributed by atoms with E-state index < -0.39 is 23.2 Å². The van der Waals surface area contributed by atoms with Crippen molar-refractivity contribution in [1.29, 1.82) is 10.8 Å². The van der Waals surface area contributed by atoms with E-state index in [0.29, 0.717) is 36.2 Å². The lowest BCUT2D eigenvalue weighted by atomic mass is 9.92. The van der Waals surface area contributed by atoms with Gasteiger partial charge in [0.25, 0.3) is 0 Å². The Bertz CT molecular complexity index is 1430. The number of pyridine rings is 1. The van der Waals surface area contributed by atoms with Crippen molar-refractivity contribution in [2.24, 2.45) is 5.41 Å². The van der Waals surface area contributed by atoms with E-state index in [4.69, 9.17) is 10.8 Å². The van der Waals surface area contributed by atoms with Gasteiger partial charge in [0.2, 0.25) is 5.62 Å². The maximum absolute atomic E-state index is 14.9. The van der Waals surface area contributed by atoms with Gasteiger partial charge in [0, 0.05) is 18.3 Å². The molecule has 4 rings (SSSR count). The highest BCUT2D eigenvalue weighted by Gasteiger charge is 2.46. The van der Waals surface area contributed by atoms with Gasteiger partial charge in [0.05, 0.1) is 29.1 Å². The van der Waals surface area contributed by atoms with Gasteiger partial charge in [-0.3, -0.25) is 20.4 Å². The maximum atomic E-state index is 14.9. The molecule has 34 heavy (non-hydrogen) atoms. The smallest absolute Gasteiger partial charge is 0.324 e. The van der Waals surface area contributed by atoms with Crippen molar-refractivity contribution in [3.05, 3.63) is 52.9 Å². The summed E-state index contributed by atoms with van der Waals surface area (Å²) in [6.45, 7) is 2.30. The predicted octanol–water partition coefficient (Wildman–Crippen LogP) is 4.67. The van der Waals surface area contributed by atoms with Crippen LogP contribution in [0.1, 0.15) is 31.4 Å². The monoisotopic (exact) mass is 474 g/mol. The third-order valence-corrected chi connectivity index (χ3v) is 5.73. The fraction of sp³-hybridized carbons (Fsp3) is 0.304. The predicted molar refractivity (Wildman–Crippen MR) is 116 cm³/mol. The number of aromatic nitrogens is 3. The lowest BCUT2D eigenvalue weighted by molar-refractivity contribution is -0.190. The fourth-order valence-electron chi connectivity index (χ4n) is 3.73. The van der Waals surface area contributed by atoms with Gasteiger partial charge in [0.1, 0.15) is 11.2 Å². The van der Waals surface area contributed by atoms with Crippen LogP contribution in [0, 0.1) is 39.7 Å². The highest BCUT2D eigenvalue weighted by atomic mass is 19.4. The Morgan fingerprint density at radius 3 is 2.56 bits per heavy atom. The van der Waals surface area contributed by atoms with Crippen molar-refractivity contribution in [3.8, 4) is 11.8 Å². The van der Waals surface area contributed by atoms with Crippen molar-refractivity contribution >= 4 is 28.7 Å². The molecule has 0 saturated heterocycles. The molecule has 3 heterocycles. The topological polar surface area (TPSA) is 81.7 Å². The Morgan fingerprint density at radius 2 is 1.88 bits per heavy atom. The van der Waals surface area contributed by atoms with Gasteiger partial charge in [-0.15, -0.1) is 0 Å². The third-order valence-electron chi connectivity index (χ3n) is 5.73. The molecule has 0 unspecified atom stereocenters. The number of benzene rings is 1. The minimum Gasteiger partial charge on any atom is -0.324 e. The minimum absolute atomic E-state index is 0.0430. The van der Waals surface area contributed by atoms with E-state index in [1.807, 2.05) is 0 Å². The Balaban J connectivity index is 1.93. The number of alkyl halides is 3. The number of hydrogen-bond acceptors (Lipinski definition) is 5. The van der Waals surface area contributed by atoms with Crippen molar-refractivity contribution in [2.45, 2.75) is 32.9 Å². The van der Waals surface area contributed by atoms with Crippen LogP contribution in [-0.4, -0.2) is 33.6 Å². The van der Waals surface area contributed by atoms with Gasteiger partial charge in [-0.05, 0) is 44.4 Å². The normalized spacial score (nSPS) is 13.9. The lowest BCUT2D eigenvalue weighted by Crippen LogP contribution is -2.32. The first-order valence-electron chi connectivity index (χ1n) is 10.3. The van der Waals surface area contributed by atoms with Crippen LogP contribution < -0.4 is 10.5 Å². The van der Waals surface area contributed by atoms with Crippen LogP contribution in [-0.2, 0) is 6.42 Å². The Labute approximate surface area is 191 Å². The highest BCUT2D eigenvalue weighted by Crippen LogP contribution is 2.39. The average molecular weight is 474 g/mol. The van der Waals surface area contributed by atoms with E-state index in [0.717, 1.165) is 30.8 Å². The molecule has 0 amide bonds. The van der Waals surface area contributed by atoms with Crippen molar-refractivity contribution in [3.63, 3.8) is 0 Å². The summed E-state index contributed by atoms with van der Waals surface area (Å²) in [6.07, 6.45) is 0.109. The van der Waals surface area contributed by atoms with Gasteiger partial charge in [-0.1, -0.05) is 11.8 Å². The molecule has 0 radical (unpaired) electrons. The van der Waals surface area contributed by atoms with Gasteiger partial charge in [-0.2, -0.15) is 18.2 Å². The molecule has 0 fully saturated rings. The van der Waals surface area contributed by atoms with E-state index in [2.05, 4.69) is 21.8 Å². The first-order valence-corrected chi connectivity index (χ1v) is 10.3. The van der Waals surface area contributed by atoms with E-state index in [1.54, 1.807) is 4.90 Å². The van der Waals surface area contributed by atoms with Gasteiger partial charge < -0.3 is 4.90 Å². The SMILES string of the molecule is CC(C)(C#Cc1cncc2c1CCCN2c1nc(=N)n(C=N)c2ccc(F)c(F)c12)C(F)(F)F. The van der Waals surface area contributed by atoms with Crippen molar-refractivity contribution in [2.75, 3.05) is 11.4 Å². The molecule has 1 aliphatic heterocycles. The maximum Gasteiger partial charge on any atom is 0.404 e. The molecular formula is C23H19F5N6. The van der Waals surface area contributed by atoms with E-state index in [-0.39, 0.29) is 22.3 Å². The quantitative estimate of drug-likeness (QED) is 0.245. The molecule has 1 aliphatic rings. The Hall–Kier alpha value is -3.81. The second kappa shape index (κ2) is 8.20. The zero-order chi connectivity index (χ0) is 24.8. The van der Waals surface area contributed by atoms with Gasteiger partial charge in [-0.25, -0.2) is 8.78 Å². The van der Waals surface area contributed by atoms with Crippen LogP contribution in [0.5, 0.6) is 0 Å². The molecule has 176 valence electrons. The third kappa shape index (κ3) is 3.79. The van der Waals surface area contributed by atoms with Crippen LogP contribution in [0.4, 0.5) is 33.5 Å². The molecule has 0 aliphatic carbocycles. The molecular weight excluding hydrogens is 455 g/mol. The van der Waals surface area contributed by atoms with Crippen LogP contribution in [0.2, 0.25) is 0 Å². The highest BCUT2D eigenvalue weighted by molar-refractivity contribution is 5.95. The molecule has 2 aromatic heterocycles. The molecule has 3 aromatic rings. The molecule has 1 aromatic carbocycles. The lowest BCUT2D eigenvalue weighted by Gasteiger charge is -2.31. The summed E-state index contributed by atoms with van der Waals surface area (Å²) in [6, 6.07) is 2.16.